The van der Waals surface area contributed by atoms with Crippen molar-refractivity contribution >= 4 is 39.5 Å². The van der Waals surface area contributed by atoms with Crippen molar-refractivity contribution in [1.82, 2.24) is 24.4 Å². The van der Waals surface area contributed by atoms with Crippen LogP contribution in [0.5, 0.6) is 0 Å². The topological polar surface area (TPSA) is 156 Å². The van der Waals surface area contributed by atoms with Crippen LogP contribution in [-0.4, -0.2) is 100 Å². The molecule has 0 aliphatic carbocycles. The van der Waals surface area contributed by atoms with Crippen LogP contribution in [0.25, 0.3) is 0 Å². The van der Waals surface area contributed by atoms with Crippen molar-refractivity contribution < 1.29 is 28.3 Å². The Morgan fingerprint density at radius 2 is 1.80 bits per heavy atom. The van der Waals surface area contributed by atoms with Gasteiger partial charge in [0.05, 0.1) is 40.5 Å². The molecule has 1 fully saturated rings. The number of carbonyl (C=O) groups excluding carboxylic acids is 2. The first kappa shape index (κ1) is 38.0. The summed E-state index contributed by atoms with van der Waals surface area (Å²) in [5.41, 5.74) is 1.71. The van der Waals surface area contributed by atoms with Gasteiger partial charge in [0.1, 0.15) is 6.04 Å². The number of sulfonamides is 1. The lowest BCUT2D eigenvalue weighted by Gasteiger charge is -2.35. The lowest BCUT2D eigenvalue weighted by molar-refractivity contribution is -0.128. The number of benzene rings is 2. The Hall–Kier alpha value is -3.85. The number of rotatable bonds is 15. The Labute approximate surface area is 293 Å². The standard InChI is InChI=1S/C35H48N6O6S2/c1-24(2)32(41-17-16-39(34(41)44)20-28-22-48-25(3)37-28)33(43)38-30(18-26-10-8-7-9-11-26)31(42)21-40(23-35(4,5)6)49(46,47)29-14-12-27(13-15-29)19-36-45/h7-15,19,22,24,30-32,42,45H,16-18,20-21,23H2,1-6H3,(H,38,43)/b36-19+/t30-,31-,32-/m0/s1. The van der Waals surface area contributed by atoms with E-state index in [1.54, 1.807) is 9.80 Å². The lowest BCUT2D eigenvalue weighted by Crippen LogP contribution is -2.57. The third kappa shape index (κ3) is 10.1. The van der Waals surface area contributed by atoms with Crippen LogP contribution in [0.15, 0.2) is 70.0 Å². The van der Waals surface area contributed by atoms with Crippen molar-refractivity contribution in [2.45, 2.75) is 77.6 Å². The van der Waals surface area contributed by atoms with E-state index in [0.29, 0.717) is 25.2 Å². The van der Waals surface area contributed by atoms with Crippen LogP contribution in [0.3, 0.4) is 0 Å². The molecule has 3 atom stereocenters. The van der Waals surface area contributed by atoms with E-state index in [1.807, 2.05) is 77.3 Å². The maximum Gasteiger partial charge on any atom is 0.321 e. The summed E-state index contributed by atoms with van der Waals surface area (Å²) in [6.07, 6.45) is 0.137. The number of urea groups is 1. The first-order valence-corrected chi connectivity index (χ1v) is 18.7. The number of aromatic nitrogens is 1. The molecule has 0 bridgehead atoms. The van der Waals surface area contributed by atoms with Gasteiger partial charge in [-0.3, -0.25) is 4.79 Å². The fraction of sp³-hybridized carbons (Fsp3) is 0.486. The first-order valence-electron chi connectivity index (χ1n) is 16.4. The van der Waals surface area contributed by atoms with Gasteiger partial charge in [0.25, 0.3) is 0 Å². The highest BCUT2D eigenvalue weighted by atomic mass is 32.2. The zero-order valence-corrected chi connectivity index (χ0v) is 30.6. The van der Waals surface area contributed by atoms with Gasteiger partial charge in [0, 0.05) is 31.6 Å². The molecule has 0 radical (unpaired) electrons. The first-order chi connectivity index (χ1) is 23.1. The SMILES string of the molecule is Cc1nc(CN2CCN([C@H](C(=O)N[C@@H](Cc3ccccc3)[C@@H](O)CN(CC(C)(C)C)S(=O)(=O)c3ccc(/C=N/O)cc3)C(C)C)C2=O)cs1. The molecule has 4 rings (SSSR count). The van der Waals surface area contributed by atoms with E-state index in [-0.39, 0.29) is 36.4 Å². The van der Waals surface area contributed by atoms with E-state index >= 15 is 0 Å². The van der Waals surface area contributed by atoms with Gasteiger partial charge >= 0.3 is 6.03 Å². The van der Waals surface area contributed by atoms with Gasteiger partial charge in [-0.25, -0.2) is 18.2 Å². The minimum Gasteiger partial charge on any atom is -0.411 e. The van der Waals surface area contributed by atoms with Crippen molar-refractivity contribution in [1.29, 1.82) is 0 Å². The summed E-state index contributed by atoms with van der Waals surface area (Å²) in [7, 11) is -4.09. The third-order valence-electron chi connectivity index (χ3n) is 8.24. The summed E-state index contributed by atoms with van der Waals surface area (Å²) in [6.45, 7) is 12.4. The van der Waals surface area contributed by atoms with Crippen LogP contribution in [0.1, 0.15) is 56.4 Å². The molecule has 49 heavy (non-hydrogen) atoms. The Kier molecular flexibility index (Phi) is 12.6. The molecule has 2 heterocycles. The van der Waals surface area contributed by atoms with E-state index in [4.69, 9.17) is 5.21 Å². The van der Waals surface area contributed by atoms with E-state index in [1.165, 1.54) is 46.1 Å². The van der Waals surface area contributed by atoms with Crippen LogP contribution in [0.4, 0.5) is 4.79 Å². The average molecular weight is 713 g/mol. The van der Waals surface area contributed by atoms with E-state index in [2.05, 4.69) is 15.5 Å². The largest absolute Gasteiger partial charge is 0.411 e. The third-order valence-corrected chi connectivity index (χ3v) is 10.9. The van der Waals surface area contributed by atoms with Gasteiger partial charge in [0.2, 0.25) is 15.9 Å². The molecule has 1 aliphatic heterocycles. The number of amides is 3. The van der Waals surface area contributed by atoms with Crippen LogP contribution in [0, 0.1) is 18.3 Å². The maximum atomic E-state index is 14.1. The van der Waals surface area contributed by atoms with Gasteiger partial charge < -0.3 is 25.4 Å². The van der Waals surface area contributed by atoms with E-state index < -0.39 is 39.5 Å². The van der Waals surface area contributed by atoms with Gasteiger partial charge in [0.15, 0.2) is 0 Å². The van der Waals surface area contributed by atoms with E-state index in [9.17, 15) is 23.1 Å². The zero-order chi connectivity index (χ0) is 35.9. The molecule has 14 heteroatoms. The second-order valence-electron chi connectivity index (χ2n) is 14.0. The Balaban J connectivity index is 1.59. The summed E-state index contributed by atoms with van der Waals surface area (Å²) in [5.74, 6) is -0.655. The van der Waals surface area contributed by atoms with Gasteiger partial charge in [-0.2, -0.15) is 4.31 Å². The van der Waals surface area contributed by atoms with Crippen molar-refractivity contribution in [2.24, 2.45) is 16.5 Å². The smallest absolute Gasteiger partial charge is 0.321 e. The Morgan fingerprint density at radius 3 is 2.37 bits per heavy atom. The number of aliphatic hydroxyl groups excluding tert-OH is 1. The quantitative estimate of drug-likeness (QED) is 0.120. The molecule has 1 aliphatic rings. The summed E-state index contributed by atoms with van der Waals surface area (Å²) >= 11 is 1.52. The summed E-state index contributed by atoms with van der Waals surface area (Å²) in [6, 6.07) is 13.3. The molecule has 3 N–H and O–H groups in total. The summed E-state index contributed by atoms with van der Waals surface area (Å²) in [5, 5.41) is 29.5. The lowest BCUT2D eigenvalue weighted by atomic mass is 9.96. The zero-order valence-electron chi connectivity index (χ0n) is 29.0. The minimum absolute atomic E-state index is 0.0208. The number of hydrogen-bond donors (Lipinski definition) is 3. The van der Waals surface area contributed by atoms with Crippen molar-refractivity contribution in [3.63, 3.8) is 0 Å². The molecule has 0 saturated carbocycles. The number of oxime groups is 1. The Morgan fingerprint density at radius 1 is 1.12 bits per heavy atom. The molecule has 3 aromatic rings. The molecule has 3 amide bonds. The predicted octanol–water partition coefficient (Wildman–Crippen LogP) is 4.35. The highest BCUT2D eigenvalue weighted by Gasteiger charge is 2.41. The normalized spacial score (nSPS) is 16.1. The van der Waals surface area contributed by atoms with Crippen molar-refractivity contribution in [3.8, 4) is 0 Å². The van der Waals surface area contributed by atoms with Crippen LogP contribution in [0.2, 0.25) is 0 Å². The van der Waals surface area contributed by atoms with E-state index in [0.717, 1.165) is 16.3 Å². The fourth-order valence-corrected chi connectivity index (χ4v) is 8.25. The number of aryl methyl sites for hydroxylation is 1. The summed E-state index contributed by atoms with van der Waals surface area (Å²) in [4.78, 5) is 35.4. The predicted molar refractivity (Wildman–Crippen MR) is 190 cm³/mol. The average Bonchev–Trinajstić information content (AvgIpc) is 3.61. The van der Waals surface area contributed by atoms with Crippen LogP contribution < -0.4 is 5.32 Å². The van der Waals surface area contributed by atoms with Crippen LogP contribution in [-0.2, 0) is 27.8 Å². The van der Waals surface area contributed by atoms with Gasteiger partial charge in [-0.05, 0) is 47.9 Å². The molecular weight excluding hydrogens is 665 g/mol. The molecule has 1 aromatic heterocycles. The van der Waals surface area contributed by atoms with Crippen molar-refractivity contribution in [2.75, 3.05) is 26.2 Å². The molecular formula is C35H48N6O6S2. The number of aliphatic hydroxyl groups is 1. The maximum absolute atomic E-state index is 14.1. The second kappa shape index (κ2) is 16.2. The molecule has 1 saturated heterocycles. The highest BCUT2D eigenvalue weighted by Crippen LogP contribution is 2.25. The highest BCUT2D eigenvalue weighted by molar-refractivity contribution is 7.89. The van der Waals surface area contributed by atoms with Crippen molar-refractivity contribution in [3.05, 3.63) is 81.8 Å². The van der Waals surface area contributed by atoms with Gasteiger partial charge in [-0.15, -0.1) is 11.3 Å². The fourth-order valence-electron chi connectivity index (χ4n) is 5.96. The molecule has 0 spiro atoms. The van der Waals surface area contributed by atoms with Gasteiger partial charge in [-0.1, -0.05) is 82.2 Å². The monoisotopic (exact) mass is 712 g/mol. The number of nitrogens with one attached hydrogen (secondary N) is 1. The van der Waals surface area contributed by atoms with Crippen LogP contribution >= 0.6 is 11.3 Å². The number of thiazole rings is 1. The summed E-state index contributed by atoms with van der Waals surface area (Å²) < 4.78 is 29.2. The molecule has 2 aromatic carbocycles. The second-order valence-corrected chi connectivity index (χ2v) is 17.0. The molecule has 12 nitrogen and oxygen atoms in total. The number of nitrogens with zero attached hydrogens (tertiary/aromatic N) is 5. The molecule has 0 unspecified atom stereocenters. The number of carbonyl (C=O) groups is 2. The minimum atomic E-state index is -4.09. The molecule has 266 valence electrons. The number of hydrogen-bond acceptors (Lipinski definition) is 9. The Bertz CT molecular complexity index is 1690.